The zero-order valence-corrected chi connectivity index (χ0v) is 24.7. The SMILES string of the molecule is CCCNC(=O)[C@H](C)N(Cc1ccccc1C)C(=O)CN(c1ccc(OCC)cc1)S(=O)(=O)c1ccc(C)cc1. The van der Waals surface area contributed by atoms with E-state index in [2.05, 4.69) is 5.32 Å². The molecule has 9 heteroatoms. The number of nitrogens with one attached hydrogen (secondary N) is 1. The molecule has 0 heterocycles. The second-order valence-electron chi connectivity index (χ2n) is 9.67. The van der Waals surface area contributed by atoms with Crippen LogP contribution in [0.1, 0.15) is 43.9 Å². The van der Waals surface area contributed by atoms with E-state index in [1.807, 2.05) is 52.0 Å². The summed E-state index contributed by atoms with van der Waals surface area (Å²) in [7, 11) is -4.12. The van der Waals surface area contributed by atoms with Crippen molar-refractivity contribution < 1.29 is 22.7 Å². The maximum atomic E-state index is 14.0. The molecule has 1 N–H and O–H groups in total. The normalized spacial score (nSPS) is 11.9. The third-order valence-electron chi connectivity index (χ3n) is 6.64. The minimum Gasteiger partial charge on any atom is -0.494 e. The Kier molecular flexibility index (Phi) is 10.7. The Morgan fingerprint density at radius 1 is 0.925 bits per heavy atom. The van der Waals surface area contributed by atoms with Gasteiger partial charge in [-0.05, 0) is 81.6 Å². The topological polar surface area (TPSA) is 96.0 Å². The van der Waals surface area contributed by atoms with Gasteiger partial charge in [0.25, 0.3) is 10.0 Å². The van der Waals surface area contributed by atoms with Crippen molar-refractivity contribution in [2.24, 2.45) is 0 Å². The summed E-state index contributed by atoms with van der Waals surface area (Å²) in [5.41, 5.74) is 3.08. The molecule has 40 heavy (non-hydrogen) atoms. The van der Waals surface area contributed by atoms with E-state index in [0.717, 1.165) is 27.4 Å². The fourth-order valence-electron chi connectivity index (χ4n) is 4.19. The van der Waals surface area contributed by atoms with Crippen molar-refractivity contribution >= 4 is 27.5 Å². The van der Waals surface area contributed by atoms with Crippen molar-refractivity contribution in [2.45, 2.75) is 58.5 Å². The first-order valence-corrected chi connectivity index (χ1v) is 15.0. The average molecular weight is 566 g/mol. The molecular formula is C31H39N3O5S. The summed E-state index contributed by atoms with van der Waals surface area (Å²) >= 11 is 0. The second-order valence-corrected chi connectivity index (χ2v) is 11.5. The zero-order valence-electron chi connectivity index (χ0n) is 23.9. The van der Waals surface area contributed by atoms with Crippen molar-refractivity contribution in [3.63, 3.8) is 0 Å². The van der Waals surface area contributed by atoms with Crippen molar-refractivity contribution in [1.29, 1.82) is 0 Å². The van der Waals surface area contributed by atoms with Crippen LogP contribution in [-0.2, 0) is 26.2 Å². The lowest BCUT2D eigenvalue weighted by Crippen LogP contribution is -2.51. The highest BCUT2D eigenvalue weighted by Gasteiger charge is 2.32. The van der Waals surface area contributed by atoms with Crippen molar-refractivity contribution in [1.82, 2.24) is 10.2 Å². The van der Waals surface area contributed by atoms with E-state index in [4.69, 9.17) is 4.74 Å². The molecule has 0 unspecified atom stereocenters. The number of hydrogen-bond acceptors (Lipinski definition) is 5. The Morgan fingerprint density at radius 2 is 1.57 bits per heavy atom. The number of nitrogens with zero attached hydrogens (tertiary/aromatic N) is 2. The molecule has 0 aliphatic carbocycles. The maximum absolute atomic E-state index is 14.0. The van der Waals surface area contributed by atoms with Crippen LogP contribution < -0.4 is 14.4 Å². The minimum atomic E-state index is -4.12. The Balaban J connectivity index is 2.03. The van der Waals surface area contributed by atoms with E-state index in [1.54, 1.807) is 43.3 Å². The molecule has 8 nitrogen and oxygen atoms in total. The number of rotatable bonds is 13. The van der Waals surface area contributed by atoms with E-state index in [0.29, 0.717) is 24.6 Å². The molecule has 214 valence electrons. The monoisotopic (exact) mass is 565 g/mol. The number of carbonyl (C=O) groups excluding carboxylic acids is 2. The Hall–Kier alpha value is -3.85. The molecular weight excluding hydrogens is 526 g/mol. The van der Waals surface area contributed by atoms with Gasteiger partial charge < -0.3 is 15.0 Å². The zero-order chi connectivity index (χ0) is 29.3. The number of amides is 2. The van der Waals surface area contributed by atoms with Gasteiger partial charge in [-0.15, -0.1) is 0 Å². The highest BCUT2D eigenvalue weighted by molar-refractivity contribution is 7.92. The molecule has 0 aliphatic rings. The molecule has 1 atom stereocenters. The summed E-state index contributed by atoms with van der Waals surface area (Å²) < 4.78 is 34.4. The van der Waals surface area contributed by atoms with Crippen LogP contribution in [0.5, 0.6) is 5.75 Å². The summed E-state index contributed by atoms with van der Waals surface area (Å²) in [5.74, 6) is -0.197. The van der Waals surface area contributed by atoms with Gasteiger partial charge in [0.2, 0.25) is 11.8 Å². The van der Waals surface area contributed by atoms with Gasteiger partial charge in [0.05, 0.1) is 17.2 Å². The van der Waals surface area contributed by atoms with E-state index < -0.39 is 28.5 Å². The summed E-state index contributed by atoms with van der Waals surface area (Å²) in [5, 5.41) is 2.85. The Labute approximate surface area is 238 Å². The van der Waals surface area contributed by atoms with Crippen molar-refractivity contribution in [3.05, 3.63) is 89.5 Å². The predicted octanol–water partition coefficient (Wildman–Crippen LogP) is 4.84. The maximum Gasteiger partial charge on any atom is 0.264 e. The molecule has 2 amide bonds. The molecule has 0 saturated heterocycles. The first-order valence-electron chi connectivity index (χ1n) is 13.5. The molecule has 0 aromatic heterocycles. The smallest absolute Gasteiger partial charge is 0.264 e. The van der Waals surface area contributed by atoms with E-state index >= 15 is 0 Å². The lowest BCUT2D eigenvalue weighted by molar-refractivity contribution is -0.139. The molecule has 0 spiro atoms. The fraction of sp³-hybridized carbons (Fsp3) is 0.355. The molecule has 0 fully saturated rings. The number of ether oxygens (including phenoxy) is 1. The van der Waals surface area contributed by atoms with Gasteiger partial charge in [-0.1, -0.05) is 48.9 Å². The third-order valence-corrected chi connectivity index (χ3v) is 8.43. The third kappa shape index (κ3) is 7.63. The molecule has 0 radical (unpaired) electrons. The van der Waals surface area contributed by atoms with Gasteiger partial charge in [0.15, 0.2) is 0 Å². The lowest BCUT2D eigenvalue weighted by atomic mass is 10.1. The van der Waals surface area contributed by atoms with Gasteiger partial charge >= 0.3 is 0 Å². The van der Waals surface area contributed by atoms with Crippen molar-refractivity contribution in [3.8, 4) is 5.75 Å². The van der Waals surface area contributed by atoms with E-state index in [-0.39, 0.29) is 17.3 Å². The molecule has 3 aromatic carbocycles. The van der Waals surface area contributed by atoms with Crippen LogP contribution >= 0.6 is 0 Å². The number of aryl methyl sites for hydroxylation is 2. The number of hydrogen-bond donors (Lipinski definition) is 1. The van der Waals surface area contributed by atoms with E-state index in [1.165, 1.54) is 17.0 Å². The molecule has 0 saturated carbocycles. The summed E-state index contributed by atoms with van der Waals surface area (Å²) in [4.78, 5) is 28.5. The number of sulfonamides is 1. The minimum absolute atomic E-state index is 0.0685. The summed E-state index contributed by atoms with van der Waals surface area (Å²) in [6, 6.07) is 19.9. The molecule has 0 aliphatic heterocycles. The first-order chi connectivity index (χ1) is 19.1. The predicted molar refractivity (Wildman–Crippen MR) is 158 cm³/mol. The lowest BCUT2D eigenvalue weighted by Gasteiger charge is -2.32. The van der Waals surface area contributed by atoms with Crippen LogP contribution in [-0.4, -0.2) is 50.9 Å². The molecule has 0 bridgehead atoms. The largest absolute Gasteiger partial charge is 0.494 e. The highest BCUT2D eigenvalue weighted by Crippen LogP contribution is 2.27. The Morgan fingerprint density at radius 3 is 2.17 bits per heavy atom. The van der Waals surface area contributed by atoms with Crippen LogP contribution in [0.25, 0.3) is 0 Å². The second kappa shape index (κ2) is 14.0. The quantitative estimate of drug-likeness (QED) is 0.320. The number of anilines is 1. The van der Waals surface area contributed by atoms with Crippen molar-refractivity contribution in [2.75, 3.05) is 24.0 Å². The Bertz CT molecular complexity index is 1390. The molecule has 3 aromatic rings. The number of benzene rings is 3. The van der Waals surface area contributed by atoms with Gasteiger partial charge in [-0.2, -0.15) is 0 Å². The van der Waals surface area contributed by atoms with Crippen LogP contribution in [0, 0.1) is 13.8 Å². The first kappa shape index (κ1) is 30.7. The average Bonchev–Trinajstić information content (AvgIpc) is 2.94. The van der Waals surface area contributed by atoms with Gasteiger partial charge in [0.1, 0.15) is 18.3 Å². The summed E-state index contributed by atoms with van der Waals surface area (Å²) in [6.45, 7) is 9.91. The fourth-order valence-corrected chi connectivity index (χ4v) is 5.61. The van der Waals surface area contributed by atoms with E-state index in [9.17, 15) is 18.0 Å². The number of carbonyl (C=O) groups is 2. The van der Waals surface area contributed by atoms with Crippen LogP contribution in [0.15, 0.2) is 77.7 Å². The van der Waals surface area contributed by atoms with Gasteiger partial charge in [0, 0.05) is 13.1 Å². The van der Waals surface area contributed by atoms with Gasteiger partial charge in [-0.3, -0.25) is 13.9 Å². The van der Waals surface area contributed by atoms with Crippen LogP contribution in [0.2, 0.25) is 0 Å². The summed E-state index contributed by atoms with van der Waals surface area (Å²) in [6.07, 6.45) is 0.754. The van der Waals surface area contributed by atoms with Gasteiger partial charge in [-0.25, -0.2) is 8.42 Å². The molecule has 3 rings (SSSR count). The highest BCUT2D eigenvalue weighted by atomic mass is 32.2. The van der Waals surface area contributed by atoms with Crippen LogP contribution in [0.4, 0.5) is 5.69 Å². The van der Waals surface area contributed by atoms with Crippen LogP contribution in [0.3, 0.4) is 0 Å². The standard InChI is InChI=1S/C31H39N3O5S/c1-6-20-32-31(36)25(5)33(21-26-11-9-8-10-24(26)4)30(35)22-34(27-14-16-28(17-15-27)39-7-2)40(37,38)29-18-12-23(3)13-19-29/h8-19,25H,6-7,20-22H2,1-5H3,(H,32,36)/t25-/m0/s1.